The molecule has 0 saturated carbocycles. The number of nitrogens with zero attached hydrogens (tertiary/aromatic N) is 2. The number of aryl methyl sites for hydroxylation is 2. The molecule has 1 saturated heterocycles. The summed E-state index contributed by atoms with van der Waals surface area (Å²) < 4.78 is 0.605. The molecule has 0 radical (unpaired) electrons. The summed E-state index contributed by atoms with van der Waals surface area (Å²) >= 11 is 14.5. The van der Waals surface area contributed by atoms with Crippen LogP contribution >= 0.6 is 69.3 Å². The lowest BCUT2D eigenvalue weighted by Gasteiger charge is -2.26. The third kappa shape index (κ3) is 11.3. The van der Waals surface area contributed by atoms with Gasteiger partial charge < -0.3 is 14.9 Å². The van der Waals surface area contributed by atoms with Crippen LogP contribution in [0.1, 0.15) is 80.5 Å². The summed E-state index contributed by atoms with van der Waals surface area (Å²) in [6, 6.07) is 44.8. The molecule has 1 fully saturated rings. The Kier molecular flexibility index (Phi) is 15.3. The number of hydrogen-bond donors (Lipinski definition) is 1. The van der Waals surface area contributed by atoms with Crippen LogP contribution in [0.4, 0.5) is 17.1 Å². The van der Waals surface area contributed by atoms with Crippen molar-refractivity contribution in [3.05, 3.63) is 142 Å². The van der Waals surface area contributed by atoms with Gasteiger partial charge in [-0.2, -0.15) is 0 Å². The van der Waals surface area contributed by atoms with Crippen LogP contribution in [-0.4, -0.2) is 33.4 Å². The van der Waals surface area contributed by atoms with Crippen LogP contribution in [0.3, 0.4) is 0 Å². The molecule has 10 heteroatoms. The van der Waals surface area contributed by atoms with Gasteiger partial charge in [0.25, 0.3) is 0 Å². The zero-order valence-electron chi connectivity index (χ0n) is 35.3. The summed E-state index contributed by atoms with van der Waals surface area (Å²) in [5.41, 5.74) is 6.69. The molecule has 318 valence electrons. The predicted molar refractivity (Wildman–Crippen MR) is 277 cm³/mol. The minimum Gasteiger partial charge on any atom is -0.480 e. The van der Waals surface area contributed by atoms with E-state index in [-0.39, 0.29) is 6.54 Å². The van der Waals surface area contributed by atoms with Gasteiger partial charge in [-0.3, -0.25) is 4.79 Å². The van der Waals surface area contributed by atoms with Gasteiger partial charge in [-0.25, -0.2) is 0 Å². The third-order valence-electron chi connectivity index (χ3n) is 11.0. The second-order valence-corrected chi connectivity index (χ2v) is 22.0. The summed E-state index contributed by atoms with van der Waals surface area (Å²) in [4.78, 5) is 27.3. The van der Waals surface area contributed by atoms with Gasteiger partial charge in [0.2, 0.25) is 0 Å². The molecular formula is C52H52N2O2S6. The van der Waals surface area contributed by atoms with E-state index in [9.17, 15) is 9.90 Å². The number of carbonyl (C=O) groups is 1. The fraction of sp³-hybridized carbons (Fsp3) is 0.269. The van der Waals surface area contributed by atoms with E-state index >= 15 is 0 Å². The van der Waals surface area contributed by atoms with Crippen molar-refractivity contribution < 1.29 is 9.90 Å². The average Bonchev–Trinajstić information content (AvgIpc) is 4.15. The van der Waals surface area contributed by atoms with Gasteiger partial charge in [0, 0.05) is 61.0 Å². The summed E-state index contributed by atoms with van der Waals surface area (Å²) in [6.45, 7) is 4.97. The minimum absolute atomic E-state index is 0.0839. The molecule has 1 N–H and O–H groups in total. The zero-order valence-corrected chi connectivity index (χ0v) is 40.2. The van der Waals surface area contributed by atoms with Crippen molar-refractivity contribution in [2.24, 2.45) is 0 Å². The smallest absolute Gasteiger partial charge is 0.323 e. The number of carboxylic acids is 1. The van der Waals surface area contributed by atoms with Gasteiger partial charge in [-0.05, 0) is 133 Å². The number of aliphatic carboxylic acids is 1. The van der Waals surface area contributed by atoms with E-state index in [1.807, 2.05) is 45.3 Å². The van der Waals surface area contributed by atoms with E-state index in [0.717, 1.165) is 27.5 Å². The van der Waals surface area contributed by atoms with Crippen LogP contribution in [-0.2, 0) is 17.6 Å². The second kappa shape index (κ2) is 21.4. The summed E-state index contributed by atoms with van der Waals surface area (Å²) in [6.07, 6.45) is 14.8. The molecule has 1 aliphatic heterocycles. The topological polar surface area (TPSA) is 43.8 Å². The highest BCUT2D eigenvalue weighted by Crippen LogP contribution is 2.43. The fourth-order valence-corrected chi connectivity index (χ4v) is 13.4. The van der Waals surface area contributed by atoms with Crippen LogP contribution in [0.25, 0.3) is 46.5 Å². The minimum atomic E-state index is -0.874. The van der Waals surface area contributed by atoms with Crippen LogP contribution in [0, 0.1) is 0 Å². The number of thiophene rings is 4. The van der Waals surface area contributed by atoms with E-state index in [1.54, 1.807) is 4.90 Å². The lowest BCUT2D eigenvalue weighted by atomic mass is 10.1. The van der Waals surface area contributed by atoms with Crippen LogP contribution in [0.2, 0.25) is 0 Å². The van der Waals surface area contributed by atoms with Gasteiger partial charge in [0.05, 0.1) is 6.54 Å². The van der Waals surface area contributed by atoms with E-state index in [2.05, 4.69) is 146 Å². The normalized spacial score (nSPS) is 13.4. The van der Waals surface area contributed by atoms with Crippen molar-refractivity contribution in [3.8, 4) is 40.4 Å². The molecule has 8 rings (SSSR count). The molecule has 7 aromatic rings. The number of thioether (sulfide) groups is 1. The number of carboxylic acid groups (broad SMARTS) is 1. The Morgan fingerprint density at radius 3 is 1.48 bits per heavy atom. The largest absolute Gasteiger partial charge is 0.480 e. The highest BCUT2D eigenvalue weighted by atomic mass is 32.2. The zero-order chi connectivity index (χ0) is 42.8. The molecule has 0 aliphatic carbocycles. The molecule has 4 nitrogen and oxygen atoms in total. The lowest BCUT2D eigenvalue weighted by Crippen LogP contribution is -2.29. The highest BCUT2D eigenvalue weighted by molar-refractivity contribution is 8.25. The number of rotatable bonds is 20. The SMILES string of the molecule is CCCCCCc1ccc(-c2ccc(-c3ccc(N(c4ccc(/C=C5\CN(CC(=O)O)C(=S)S5)cc4)c4ccc(-c5ccc(-c6ccc(CCCCCC)s6)s5)cc4)cc3)s2)s1. The monoisotopic (exact) mass is 928 g/mol. The molecule has 5 heterocycles. The molecule has 0 bridgehead atoms. The molecule has 0 spiro atoms. The number of unbranched alkanes of at least 4 members (excludes halogenated alkanes) is 6. The number of anilines is 3. The first-order chi connectivity index (χ1) is 30.3. The Morgan fingerprint density at radius 1 is 0.581 bits per heavy atom. The Morgan fingerprint density at radius 2 is 1.02 bits per heavy atom. The van der Waals surface area contributed by atoms with Crippen molar-refractivity contribution in [3.63, 3.8) is 0 Å². The molecule has 1 aliphatic rings. The Hall–Kier alpha value is -4.29. The summed E-state index contributed by atoms with van der Waals surface area (Å²) in [5, 5.41) is 9.31. The average molecular weight is 929 g/mol. The van der Waals surface area contributed by atoms with Gasteiger partial charge in [-0.15, -0.1) is 45.3 Å². The first kappa shape index (κ1) is 44.3. The van der Waals surface area contributed by atoms with E-state index < -0.39 is 5.97 Å². The van der Waals surface area contributed by atoms with E-state index in [0.29, 0.717) is 10.9 Å². The van der Waals surface area contributed by atoms with Crippen molar-refractivity contribution >= 4 is 103 Å². The van der Waals surface area contributed by atoms with Gasteiger partial charge in [0.1, 0.15) is 10.9 Å². The maximum absolute atomic E-state index is 11.3. The fourth-order valence-electron chi connectivity index (χ4n) is 7.72. The molecule has 0 unspecified atom stereocenters. The molecule has 4 aromatic heterocycles. The first-order valence-electron chi connectivity index (χ1n) is 21.7. The summed E-state index contributed by atoms with van der Waals surface area (Å²) in [5.74, 6) is -0.874. The Balaban J connectivity index is 1.02. The maximum Gasteiger partial charge on any atom is 0.323 e. The van der Waals surface area contributed by atoms with Gasteiger partial charge in [0.15, 0.2) is 0 Å². The van der Waals surface area contributed by atoms with Crippen LogP contribution in [0.5, 0.6) is 0 Å². The third-order valence-corrected chi connectivity index (χ3v) is 17.4. The predicted octanol–water partition coefficient (Wildman–Crippen LogP) is 17.1. The van der Waals surface area contributed by atoms with Gasteiger partial charge >= 0.3 is 5.97 Å². The van der Waals surface area contributed by atoms with Crippen molar-refractivity contribution in [2.45, 2.75) is 78.1 Å². The quantitative estimate of drug-likeness (QED) is 0.0607. The van der Waals surface area contributed by atoms with Crippen molar-refractivity contribution in [1.82, 2.24) is 4.90 Å². The maximum atomic E-state index is 11.3. The molecule has 62 heavy (non-hydrogen) atoms. The second-order valence-electron chi connectivity index (χ2n) is 15.7. The van der Waals surface area contributed by atoms with Crippen LogP contribution < -0.4 is 4.90 Å². The molecule has 3 aromatic carbocycles. The number of thiocarbonyl (C=S) groups is 1. The Bertz CT molecular complexity index is 2460. The van der Waals surface area contributed by atoms with Gasteiger partial charge in [-0.1, -0.05) is 113 Å². The molecule has 0 amide bonds. The Labute approximate surface area is 392 Å². The molecule has 0 atom stereocenters. The van der Waals surface area contributed by atoms with E-state index in [4.69, 9.17) is 12.2 Å². The number of hydrogen-bond acceptors (Lipinski definition) is 8. The van der Waals surface area contributed by atoms with Crippen molar-refractivity contribution in [1.29, 1.82) is 0 Å². The molecular weight excluding hydrogens is 877 g/mol. The van der Waals surface area contributed by atoms with E-state index in [1.165, 1.54) is 126 Å². The lowest BCUT2D eigenvalue weighted by molar-refractivity contribution is -0.137. The highest BCUT2D eigenvalue weighted by Gasteiger charge is 2.24. The van der Waals surface area contributed by atoms with Crippen LogP contribution in [0.15, 0.2) is 126 Å². The standard InChI is InChI=1S/C52H52N2O2S6/c1-3-5-7-9-11-42-25-27-47(58-42)49-31-29-45(61-49)37-15-21-40(22-16-37)54(39-19-13-36(14-20-39)33-44-34-53(35-51(55)56)52(57)60-44)41-23-17-38(18-24-41)46-30-32-50(62-46)48-28-26-43(59-48)12-10-8-6-4-2/h13-33H,3-12,34-35H2,1-2H3,(H,55,56)/b44-33+. The summed E-state index contributed by atoms with van der Waals surface area (Å²) in [7, 11) is 0. The first-order valence-corrected chi connectivity index (χ1v) is 26.2. The van der Waals surface area contributed by atoms with Crippen molar-refractivity contribution in [2.75, 3.05) is 18.0 Å². The number of benzene rings is 3.